The number of nitrogens with one attached hydrogen (secondary N) is 1. The van der Waals surface area contributed by atoms with Gasteiger partial charge in [-0.2, -0.15) is 18.3 Å². The van der Waals surface area contributed by atoms with Gasteiger partial charge in [0.25, 0.3) is 5.91 Å². The number of hydrogen-bond donors (Lipinski definition) is 2. The number of amides is 2. The number of rotatable bonds is 6. The van der Waals surface area contributed by atoms with Gasteiger partial charge in [-0.25, -0.2) is 4.98 Å². The molecule has 0 aliphatic carbocycles. The molecule has 4 rings (SSSR count). The van der Waals surface area contributed by atoms with E-state index in [-0.39, 0.29) is 32.8 Å². The van der Waals surface area contributed by atoms with Gasteiger partial charge in [-0.3, -0.25) is 14.3 Å². The maximum atomic E-state index is 13.6. The molecule has 182 valence electrons. The highest BCUT2D eigenvalue weighted by molar-refractivity contribution is 7.21. The molecule has 0 fully saturated rings. The van der Waals surface area contributed by atoms with E-state index in [1.807, 2.05) is 26.8 Å². The van der Waals surface area contributed by atoms with Gasteiger partial charge in [0.1, 0.15) is 15.4 Å². The van der Waals surface area contributed by atoms with Crippen LogP contribution in [0, 0.1) is 20.8 Å². The quantitative estimate of drug-likeness (QED) is 0.378. The number of aromatic nitrogens is 3. The molecule has 4 aromatic rings. The van der Waals surface area contributed by atoms with Gasteiger partial charge >= 0.3 is 6.18 Å². The lowest BCUT2D eigenvalue weighted by molar-refractivity contribution is -0.140. The van der Waals surface area contributed by atoms with Crippen LogP contribution in [0.25, 0.3) is 21.3 Å². The number of halogens is 3. The highest BCUT2D eigenvalue weighted by Crippen LogP contribution is 2.43. The number of nitrogens with two attached hydrogens (primary N) is 1. The fraction of sp³-hybridized carbons (Fsp3) is 0.250. The van der Waals surface area contributed by atoms with Crippen molar-refractivity contribution in [2.24, 2.45) is 5.73 Å². The number of hydrogen-bond acceptors (Lipinski definition) is 5. The number of fused-ring (bicyclic) bond motifs is 1. The van der Waals surface area contributed by atoms with Gasteiger partial charge in [0.2, 0.25) is 5.91 Å². The smallest absolute Gasteiger partial charge is 0.365 e. The predicted octanol–water partition coefficient (Wildman–Crippen LogP) is 5.23. The molecule has 3 aromatic heterocycles. The SMILES string of the molecule is Cc1ccc(-c2cc(C(F)(F)F)nc3sc(C(N)=O)c(NC(=O)CCn4nc(C)cc4C)c23)cc1. The van der Waals surface area contributed by atoms with E-state index >= 15 is 0 Å². The molecule has 0 aliphatic rings. The average molecular weight is 502 g/mol. The molecule has 3 heterocycles. The molecule has 0 aliphatic heterocycles. The van der Waals surface area contributed by atoms with Gasteiger partial charge in [-0.1, -0.05) is 29.8 Å². The Bertz CT molecular complexity index is 1440. The van der Waals surface area contributed by atoms with Crippen molar-refractivity contribution in [3.05, 3.63) is 63.9 Å². The molecular weight excluding hydrogens is 479 g/mol. The third kappa shape index (κ3) is 5.04. The van der Waals surface area contributed by atoms with Gasteiger partial charge < -0.3 is 11.1 Å². The Kier molecular flexibility index (Phi) is 6.37. The van der Waals surface area contributed by atoms with Crippen molar-refractivity contribution in [1.82, 2.24) is 14.8 Å². The van der Waals surface area contributed by atoms with Gasteiger partial charge in [-0.05, 0) is 44.0 Å². The highest BCUT2D eigenvalue weighted by Gasteiger charge is 2.35. The number of anilines is 1. The van der Waals surface area contributed by atoms with Crippen molar-refractivity contribution < 1.29 is 22.8 Å². The number of thiophene rings is 1. The normalized spacial score (nSPS) is 11.7. The van der Waals surface area contributed by atoms with E-state index in [0.717, 1.165) is 34.4 Å². The molecule has 7 nitrogen and oxygen atoms in total. The number of aryl methyl sites for hydroxylation is 4. The monoisotopic (exact) mass is 501 g/mol. The molecule has 0 saturated carbocycles. The van der Waals surface area contributed by atoms with E-state index < -0.39 is 23.7 Å². The number of nitrogens with zero attached hydrogens (tertiary/aromatic N) is 3. The average Bonchev–Trinajstić information content (AvgIpc) is 3.30. The second-order valence-corrected chi connectivity index (χ2v) is 9.22. The topological polar surface area (TPSA) is 103 Å². The van der Waals surface area contributed by atoms with Gasteiger partial charge in [0.05, 0.1) is 11.4 Å². The van der Waals surface area contributed by atoms with Crippen LogP contribution in [0.3, 0.4) is 0 Å². The van der Waals surface area contributed by atoms with E-state index in [0.29, 0.717) is 12.1 Å². The van der Waals surface area contributed by atoms with Crippen molar-refractivity contribution in [2.45, 2.75) is 39.9 Å². The molecule has 1 aromatic carbocycles. The summed E-state index contributed by atoms with van der Waals surface area (Å²) < 4.78 is 42.5. The summed E-state index contributed by atoms with van der Waals surface area (Å²) in [5.74, 6) is -1.31. The van der Waals surface area contributed by atoms with Gasteiger partial charge in [0.15, 0.2) is 0 Å². The summed E-state index contributed by atoms with van der Waals surface area (Å²) in [5, 5.41) is 7.25. The molecular formula is C24H22F3N5O2S. The zero-order chi connectivity index (χ0) is 25.5. The number of carbonyl (C=O) groups excluding carboxylic acids is 2. The standard InChI is InChI=1S/C24H22F3N5O2S/c1-12-4-6-15(7-5-12)16-11-17(24(25,26)27)29-23-19(16)20(21(35-23)22(28)34)30-18(33)8-9-32-14(3)10-13(2)31-32/h4-7,10-11H,8-9H2,1-3H3,(H2,28,34)(H,30,33). The van der Waals surface area contributed by atoms with Crippen LogP contribution >= 0.6 is 11.3 Å². The summed E-state index contributed by atoms with van der Waals surface area (Å²) in [5.41, 5.74) is 7.81. The Labute approximate surface area is 202 Å². The Morgan fingerprint density at radius 2 is 1.80 bits per heavy atom. The maximum absolute atomic E-state index is 13.6. The summed E-state index contributed by atoms with van der Waals surface area (Å²) in [6.07, 6.45) is -4.67. The van der Waals surface area contributed by atoms with Gasteiger partial charge in [-0.15, -0.1) is 11.3 Å². The largest absolute Gasteiger partial charge is 0.433 e. The van der Waals surface area contributed by atoms with Crippen LogP contribution in [-0.2, 0) is 17.5 Å². The lowest BCUT2D eigenvalue weighted by Crippen LogP contribution is -2.18. The van der Waals surface area contributed by atoms with Crippen LogP contribution in [-0.4, -0.2) is 26.6 Å². The fourth-order valence-electron chi connectivity index (χ4n) is 3.81. The second kappa shape index (κ2) is 9.14. The number of alkyl halides is 3. The zero-order valence-electron chi connectivity index (χ0n) is 19.2. The number of benzene rings is 1. The summed E-state index contributed by atoms with van der Waals surface area (Å²) >= 11 is 0.719. The van der Waals surface area contributed by atoms with Crippen LogP contribution in [0.15, 0.2) is 36.4 Å². The minimum absolute atomic E-state index is 0.0332. The molecule has 0 unspecified atom stereocenters. The molecule has 3 N–H and O–H groups in total. The van der Waals surface area contributed by atoms with E-state index in [9.17, 15) is 22.8 Å². The Balaban J connectivity index is 1.81. The lowest BCUT2D eigenvalue weighted by atomic mass is 10.00. The lowest BCUT2D eigenvalue weighted by Gasteiger charge is -2.13. The van der Waals surface area contributed by atoms with Crippen molar-refractivity contribution in [1.29, 1.82) is 0 Å². The maximum Gasteiger partial charge on any atom is 0.433 e. The molecule has 0 radical (unpaired) electrons. The first-order chi connectivity index (χ1) is 16.4. The first-order valence-electron chi connectivity index (χ1n) is 10.7. The first kappa shape index (κ1) is 24.4. The van der Waals surface area contributed by atoms with Crippen LogP contribution < -0.4 is 11.1 Å². The molecule has 0 spiro atoms. The van der Waals surface area contributed by atoms with Crippen LogP contribution in [0.5, 0.6) is 0 Å². The minimum Gasteiger partial charge on any atom is -0.365 e. The summed E-state index contributed by atoms with van der Waals surface area (Å²) in [6.45, 7) is 5.86. The second-order valence-electron chi connectivity index (χ2n) is 8.22. The number of carbonyl (C=O) groups is 2. The van der Waals surface area contributed by atoms with E-state index in [4.69, 9.17) is 5.73 Å². The first-order valence-corrected chi connectivity index (χ1v) is 11.5. The number of primary amides is 1. The van der Waals surface area contributed by atoms with Crippen molar-refractivity contribution in [3.8, 4) is 11.1 Å². The summed E-state index contributed by atoms with van der Waals surface area (Å²) in [4.78, 5) is 28.7. The summed E-state index contributed by atoms with van der Waals surface area (Å²) in [6, 6.07) is 9.70. The van der Waals surface area contributed by atoms with Crippen LogP contribution in [0.1, 0.15) is 38.7 Å². The number of pyridine rings is 1. The Morgan fingerprint density at radius 3 is 2.37 bits per heavy atom. The molecule has 2 amide bonds. The third-order valence-electron chi connectivity index (χ3n) is 5.46. The van der Waals surface area contributed by atoms with Crippen LogP contribution in [0.2, 0.25) is 0 Å². The molecule has 0 saturated heterocycles. The molecule has 11 heteroatoms. The highest BCUT2D eigenvalue weighted by atomic mass is 32.1. The fourth-order valence-corrected chi connectivity index (χ4v) is 4.81. The van der Waals surface area contributed by atoms with Gasteiger partial charge in [0, 0.05) is 24.0 Å². The van der Waals surface area contributed by atoms with E-state index in [1.165, 1.54) is 0 Å². The molecule has 0 atom stereocenters. The third-order valence-corrected chi connectivity index (χ3v) is 6.56. The van der Waals surface area contributed by atoms with E-state index in [1.54, 1.807) is 28.9 Å². The molecule has 0 bridgehead atoms. The predicted molar refractivity (Wildman–Crippen MR) is 128 cm³/mol. The Morgan fingerprint density at radius 1 is 1.11 bits per heavy atom. The summed E-state index contributed by atoms with van der Waals surface area (Å²) in [7, 11) is 0. The zero-order valence-corrected chi connectivity index (χ0v) is 20.0. The van der Waals surface area contributed by atoms with Crippen molar-refractivity contribution in [2.75, 3.05) is 5.32 Å². The Hall–Kier alpha value is -3.73. The van der Waals surface area contributed by atoms with Crippen LogP contribution in [0.4, 0.5) is 18.9 Å². The van der Waals surface area contributed by atoms with E-state index in [2.05, 4.69) is 15.4 Å². The molecule has 35 heavy (non-hydrogen) atoms. The minimum atomic E-state index is -4.70. The van der Waals surface area contributed by atoms with Crippen molar-refractivity contribution in [3.63, 3.8) is 0 Å². The van der Waals surface area contributed by atoms with Crippen molar-refractivity contribution >= 4 is 39.1 Å².